The molecule has 0 aliphatic carbocycles. The topological polar surface area (TPSA) is 91.3 Å². The number of piperidine rings is 1. The zero-order valence-electron chi connectivity index (χ0n) is 17.8. The van der Waals surface area contributed by atoms with Crippen LogP contribution < -0.4 is 9.47 Å². The summed E-state index contributed by atoms with van der Waals surface area (Å²) >= 11 is 0. The average molecular weight is 415 g/mol. The quantitative estimate of drug-likeness (QED) is 0.809. The fourth-order valence-corrected chi connectivity index (χ4v) is 4.76. The molecule has 2 aromatic rings. The monoisotopic (exact) mass is 415 g/mol. The molecule has 0 bridgehead atoms. The van der Waals surface area contributed by atoms with Gasteiger partial charge in [-0.05, 0) is 26.0 Å². The summed E-state index contributed by atoms with van der Waals surface area (Å²) in [7, 11) is 5.36. The first kappa shape index (κ1) is 20.6. The lowest BCUT2D eigenvalue weighted by Gasteiger charge is -2.50. The number of carboxylic acid groups (broad SMARTS) is 1. The van der Waals surface area contributed by atoms with E-state index in [9.17, 15) is 9.90 Å². The van der Waals surface area contributed by atoms with Crippen molar-refractivity contribution in [2.24, 2.45) is 0 Å². The Kier molecular flexibility index (Phi) is 5.66. The van der Waals surface area contributed by atoms with Gasteiger partial charge >= 0.3 is 6.09 Å². The number of likely N-dealkylation sites (tertiary alicyclic amines) is 1. The highest BCUT2D eigenvalue weighted by Crippen LogP contribution is 2.43. The van der Waals surface area contributed by atoms with Crippen LogP contribution in [0.3, 0.4) is 0 Å². The van der Waals surface area contributed by atoms with Crippen LogP contribution in [0.5, 0.6) is 11.5 Å². The number of amides is 1. The van der Waals surface area contributed by atoms with E-state index in [1.165, 1.54) is 4.90 Å². The van der Waals surface area contributed by atoms with Crippen molar-refractivity contribution in [3.8, 4) is 11.5 Å². The van der Waals surface area contributed by atoms with Gasteiger partial charge in [-0.25, -0.2) is 14.8 Å². The first-order valence-electron chi connectivity index (χ1n) is 10.3. The number of methoxy groups -OCH3 is 2. The van der Waals surface area contributed by atoms with Crippen molar-refractivity contribution < 1.29 is 19.4 Å². The summed E-state index contributed by atoms with van der Waals surface area (Å²) in [6.45, 7) is 4.76. The fourth-order valence-electron chi connectivity index (χ4n) is 4.76. The number of hydrogen-bond acceptors (Lipinski definition) is 7. The predicted molar refractivity (Wildman–Crippen MR) is 112 cm³/mol. The third-order valence-electron chi connectivity index (χ3n) is 6.55. The molecule has 1 aromatic carbocycles. The van der Waals surface area contributed by atoms with Crippen molar-refractivity contribution in [3.63, 3.8) is 0 Å². The summed E-state index contributed by atoms with van der Waals surface area (Å²) < 4.78 is 11.0. The molecule has 2 saturated heterocycles. The van der Waals surface area contributed by atoms with E-state index in [4.69, 9.17) is 14.5 Å². The highest BCUT2D eigenvalue weighted by Gasteiger charge is 2.45. The normalized spacial score (nSPS) is 20.3. The Balaban J connectivity index is 1.83. The summed E-state index contributed by atoms with van der Waals surface area (Å²) in [5.41, 5.74) is 1.41. The molecule has 4 rings (SSSR count). The summed E-state index contributed by atoms with van der Waals surface area (Å²) in [5, 5.41) is 10.4. The van der Waals surface area contributed by atoms with E-state index < -0.39 is 6.09 Å². The van der Waals surface area contributed by atoms with E-state index in [2.05, 4.69) is 21.8 Å². The van der Waals surface area contributed by atoms with Gasteiger partial charge in [0.1, 0.15) is 6.33 Å². The number of hydrogen-bond donors (Lipinski definition) is 1. The number of aromatic nitrogens is 2. The third kappa shape index (κ3) is 3.52. The molecule has 0 spiro atoms. The number of benzene rings is 1. The van der Waals surface area contributed by atoms with Crippen LogP contribution in [0.2, 0.25) is 0 Å². The molecular weight excluding hydrogens is 386 g/mol. The number of rotatable bonds is 4. The lowest BCUT2D eigenvalue weighted by Crippen LogP contribution is -2.59. The Hall–Kier alpha value is -2.65. The van der Waals surface area contributed by atoms with E-state index in [0.29, 0.717) is 37.4 Å². The largest absolute Gasteiger partial charge is 0.493 e. The second-order valence-electron chi connectivity index (χ2n) is 8.04. The van der Waals surface area contributed by atoms with Crippen molar-refractivity contribution >= 4 is 17.0 Å². The molecule has 3 heterocycles. The molecular formula is C21H29N5O4. The van der Waals surface area contributed by atoms with Gasteiger partial charge in [0.2, 0.25) is 0 Å². The summed E-state index contributed by atoms with van der Waals surface area (Å²) in [6.07, 6.45) is 2.14. The van der Waals surface area contributed by atoms with Gasteiger partial charge in [0, 0.05) is 50.7 Å². The summed E-state index contributed by atoms with van der Waals surface area (Å²) in [5.74, 6) is 1.27. The fraction of sp³-hybridized carbons (Fsp3) is 0.571. The maximum atomic E-state index is 11.5. The molecule has 1 amide bonds. The molecule has 162 valence electrons. The Labute approximate surface area is 176 Å². The molecule has 30 heavy (non-hydrogen) atoms. The molecule has 1 N–H and O–H groups in total. The number of piperazine rings is 1. The molecule has 1 aromatic heterocycles. The number of carbonyl (C=O) groups is 1. The van der Waals surface area contributed by atoms with Crippen LogP contribution in [0.1, 0.15) is 18.5 Å². The molecule has 0 radical (unpaired) electrons. The first-order valence-corrected chi connectivity index (χ1v) is 10.3. The van der Waals surface area contributed by atoms with Crippen LogP contribution in [0.4, 0.5) is 4.79 Å². The van der Waals surface area contributed by atoms with Crippen LogP contribution >= 0.6 is 0 Å². The summed E-state index contributed by atoms with van der Waals surface area (Å²) in [4.78, 5) is 27.1. The number of ether oxygens (including phenoxy) is 2. The minimum Gasteiger partial charge on any atom is -0.493 e. The maximum Gasteiger partial charge on any atom is 0.407 e. The van der Waals surface area contributed by atoms with Crippen LogP contribution in [-0.4, -0.2) is 96.4 Å². The van der Waals surface area contributed by atoms with E-state index >= 15 is 0 Å². The van der Waals surface area contributed by atoms with Crippen molar-refractivity contribution in [1.29, 1.82) is 0 Å². The number of fused-ring (bicyclic) bond motifs is 1. The zero-order valence-corrected chi connectivity index (χ0v) is 17.8. The van der Waals surface area contributed by atoms with Gasteiger partial charge in [-0.15, -0.1) is 0 Å². The molecule has 0 unspecified atom stereocenters. The number of nitrogens with zero attached hydrogens (tertiary/aromatic N) is 5. The Morgan fingerprint density at radius 2 is 1.63 bits per heavy atom. The van der Waals surface area contributed by atoms with Crippen LogP contribution in [0, 0.1) is 0 Å². The second kappa shape index (κ2) is 8.23. The summed E-state index contributed by atoms with van der Waals surface area (Å²) in [6, 6.07) is 3.83. The Morgan fingerprint density at radius 1 is 1.00 bits per heavy atom. The van der Waals surface area contributed by atoms with Gasteiger partial charge in [0.25, 0.3) is 0 Å². The molecule has 2 aliphatic rings. The average Bonchev–Trinajstić information content (AvgIpc) is 2.78. The van der Waals surface area contributed by atoms with Crippen LogP contribution in [-0.2, 0) is 5.54 Å². The van der Waals surface area contributed by atoms with Crippen molar-refractivity contribution in [1.82, 2.24) is 24.7 Å². The molecule has 2 aliphatic heterocycles. The Morgan fingerprint density at radius 3 is 2.23 bits per heavy atom. The first-order chi connectivity index (χ1) is 14.5. The van der Waals surface area contributed by atoms with Crippen LogP contribution in [0.25, 0.3) is 10.9 Å². The SMILES string of the molecule is COc1cc2ncnc(C3(N4CCN(C)CC4)CCN(C(=O)O)CC3)c2cc1OC. The minimum absolute atomic E-state index is 0.339. The second-order valence-corrected chi connectivity index (χ2v) is 8.04. The van der Waals surface area contributed by atoms with E-state index in [1.54, 1.807) is 20.5 Å². The van der Waals surface area contributed by atoms with Crippen molar-refractivity contribution in [2.75, 3.05) is 60.5 Å². The predicted octanol–water partition coefficient (Wildman–Crippen LogP) is 1.86. The van der Waals surface area contributed by atoms with Crippen LogP contribution in [0.15, 0.2) is 18.5 Å². The molecule has 9 heteroatoms. The molecule has 9 nitrogen and oxygen atoms in total. The van der Waals surface area contributed by atoms with E-state index in [1.807, 2.05) is 12.1 Å². The highest BCUT2D eigenvalue weighted by atomic mass is 16.5. The standard InChI is InChI=1S/C21H29N5O4/c1-24-8-10-26(11-9-24)21(4-6-25(7-5-21)20(27)28)19-15-12-17(29-2)18(30-3)13-16(15)22-14-23-19/h12-14H,4-11H2,1-3H3,(H,27,28). The number of likely N-dealkylation sites (N-methyl/N-ethyl adjacent to an activating group) is 1. The zero-order chi connectivity index (χ0) is 21.3. The minimum atomic E-state index is -0.860. The van der Waals surface area contributed by atoms with Gasteiger partial charge in [0.15, 0.2) is 11.5 Å². The molecule has 0 saturated carbocycles. The van der Waals surface area contributed by atoms with Gasteiger partial charge in [-0.3, -0.25) is 4.90 Å². The molecule has 0 atom stereocenters. The van der Waals surface area contributed by atoms with Crippen molar-refractivity contribution in [2.45, 2.75) is 18.4 Å². The smallest absolute Gasteiger partial charge is 0.407 e. The van der Waals surface area contributed by atoms with Gasteiger partial charge in [0.05, 0.1) is 31.0 Å². The molecule has 2 fully saturated rings. The third-order valence-corrected chi connectivity index (χ3v) is 6.55. The van der Waals surface area contributed by atoms with Gasteiger partial charge < -0.3 is 24.4 Å². The van der Waals surface area contributed by atoms with Gasteiger partial charge in [-0.2, -0.15) is 0 Å². The van der Waals surface area contributed by atoms with E-state index in [0.717, 1.165) is 42.8 Å². The highest BCUT2D eigenvalue weighted by molar-refractivity contribution is 5.85. The lowest BCUT2D eigenvalue weighted by molar-refractivity contribution is -0.00858. The lowest BCUT2D eigenvalue weighted by atomic mass is 9.80. The Bertz CT molecular complexity index is 921. The van der Waals surface area contributed by atoms with Gasteiger partial charge in [-0.1, -0.05) is 0 Å². The van der Waals surface area contributed by atoms with E-state index in [-0.39, 0.29) is 5.54 Å². The maximum absolute atomic E-state index is 11.5. The van der Waals surface area contributed by atoms with Crippen molar-refractivity contribution in [3.05, 3.63) is 24.2 Å².